The molecule has 0 fully saturated rings. The fourth-order valence-electron chi connectivity index (χ4n) is 8.02. The maximum absolute atomic E-state index is 5.29. The first-order valence-electron chi connectivity index (χ1n) is 16.3. The van der Waals surface area contributed by atoms with Gasteiger partial charge in [-0.15, -0.1) is 0 Å². The van der Waals surface area contributed by atoms with Crippen molar-refractivity contribution in [3.05, 3.63) is 158 Å². The van der Waals surface area contributed by atoms with Crippen LogP contribution in [0.2, 0.25) is 0 Å². The lowest BCUT2D eigenvalue weighted by Gasteiger charge is -2.10. The van der Waals surface area contributed by atoms with Gasteiger partial charge in [0.05, 0.1) is 27.8 Å². The van der Waals surface area contributed by atoms with Crippen LogP contribution in [0.5, 0.6) is 0 Å². The van der Waals surface area contributed by atoms with Crippen LogP contribution in [0.15, 0.2) is 158 Å². The molecule has 0 atom stereocenters. The van der Waals surface area contributed by atoms with Crippen molar-refractivity contribution >= 4 is 54.4 Å². The van der Waals surface area contributed by atoms with Crippen molar-refractivity contribution in [2.45, 2.75) is 0 Å². The number of hydrogen-bond donors (Lipinski definition) is 0. The number of nitrogens with zero attached hydrogens (tertiary/aromatic N) is 4. The molecule has 7 aromatic carbocycles. The number of fused-ring (bicyclic) bond motifs is 9. The summed E-state index contributed by atoms with van der Waals surface area (Å²) in [5, 5.41) is 7.35. The van der Waals surface area contributed by atoms with Crippen molar-refractivity contribution in [2.24, 2.45) is 0 Å². The highest BCUT2D eigenvalue weighted by molar-refractivity contribution is 6.15. The van der Waals surface area contributed by atoms with Gasteiger partial charge in [0, 0.05) is 44.6 Å². The predicted molar refractivity (Wildman–Crippen MR) is 198 cm³/mol. The summed E-state index contributed by atoms with van der Waals surface area (Å²) >= 11 is 0. The highest BCUT2D eigenvalue weighted by Crippen LogP contribution is 2.46. The quantitative estimate of drug-likeness (QED) is 0.199. The number of para-hydroxylation sites is 3. The zero-order valence-electron chi connectivity index (χ0n) is 25.8. The van der Waals surface area contributed by atoms with Gasteiger partial charge in [-0.05, 0) is 69.9 Å². The molecule has 11 rings (SSSR count). The van der Waals surface area contributed by atoms with Crippen molar-refractivity contribution in [2.75, 3.05) is 0 Å². The second-order valence-electron chi connectivity index (χ2n) is 12.6. The van der Waals surface area contributed by atoms with Gasteiger partial charge < -0.3 is 4.57 Å². The summed E-state index contributed by atoms with van der Waals surface area (Å²) in [6.45, 7) is 0. The van der Waals surface area contributed by atoms with Gasteiger partial charge >= 0.3 is 0 Å². The summed E-state index contributed by atoms with van der Waals surface area (Å²) in [7, 11) is 0. The Morgan fingerprint density at radius 1 is 0.417 bits per heavy atom. The first-order valence-corrected chi connectivity index (χ1v) is 16.3. The van der Waals surface area contributed by atoms with Crippen LogP contribution in [0.25, 0.3) is 99.5 Å². The molecular weight excluding hydrogens is 585 g/mol. The lowest BCUT2D eigenvalue weighted by atomic mass is 10.0. The minimum absolute atomic E-state index is 0.684. The summed E-state index contributed by atoms with van der Waals surface area (Å²) < 4.78 is 4.59. The SMILES string of the molecule is c1ccc(-n2c3ccccc3c3cc(-c4ccc5c6ccccc6n(-c6ncc7c(n6)-c6cccc8cccc-7c68)c5c4)ccc32)cc1. The van der Waals surface area contributed by atoms with Gasteiger partial charge in [-0.3, -0.25) is 4.57 Å². The Bertz CT molecular complexity index is 2940. The van der Waals surface area contributed by atoms with Gasteiger partial charge in [0.2, 0.25) is 5.95 Å². The predicted octanol–water partition coefficient (Wildman–Crippen LogP) is 11.1. The average Bonchev–Trinajstić information content (AvgIpc) is 3.78. The van der Waals surface area contributed by atoms with E-state index in [-0.39, 0.29) is 0 Å². The van der Waals surface area contributed by atoms with Crippen LogP contribution < -0.4 is 0 Å². The number of benzene rings is 7. The molecule has 10 aromatic rings. The molecule has 0 saturated heterocycles. The highest BCUT2D eigenvalue weighted by atomic mass is 15.2. The van der Waals surface area contributed by atoms with E-state index in [1.807, 2.05) is 6.20 Å². The van der Waals surface area contributed by atoms with Crippen LogP contribution in [0.3, 0.4) is 0 Å². The molecule has 0 radical (unpaired) electrons. The van der Waals surface area contributed by atoms with Gasteiger partial charge in [0.1, 0.15) is 0 Å². The first kappa shape index (κ1) is 25.6. The third kappa shape index (κ3) is 3.43. The maximum Gasteiger partial charge on any atom is 0.235 e. The van der Waals surface area contributed by atoms with E-state index in [4.69, 9.17) is 9.97 Å². The van der Waals surface area contributed by atoms with E-state index >= 15 is 0 Å². The molecule has 1 aliphatic rings. The molecule has 4 nitrogen and oxygen atoms in total. The Morgan fingerprint density at radius 2 is 1.06 bits per heavy atom. The van der Waals surface area contributed by atoms with Crippen LogP contribution in [-0.2, 0) is 0 Å². The van der Waals surface area contributed by atoms with E-state index in [9.17, 15) is 0 Å². The second-order valence-corrected chi connectivity index (χ2v) is 12.6. The van der Waals surface area contributed by atoms with E-state index in [1.165, 1.54) is 60.0 Å². The van der Waals surface area contributed by atoms with E-state index in [2.05, 4.69) is 161 Å². The minimum Gasteiger partial charge on any atom is -0.309 e. The summed E-state index contributed by atoms with van der Waals surface area (Å²) in [5.41, 5.74) is 12.6. The third-order valence-corrected chi connectivity index (χ3v) is 10.1. The van der Waals surface area contributed by atoms with E-state index in [1.54, 1.807) is 0 Å². The largest absolute Gasteiger partial charge is 0.309 e. The fraction of sp³-hybridized carbons (Fsp3) is 0. The van der Waals surface area contributed by atoms with Crippen molar-refractivity contribution in [1.29, 1.82) is 0 Å². The molecule has 4 heteroatoms. The smallest absolute Gasteiger partial charge is 0.235 e. The van der Waals surface area contributed by atoms with Gasteiger partial charge in [-0.25, -0.2) is 9.97 Å². The average molecular weight is 611 g/mol. The molecule has 0 N–H and O–H groups in total. The number of aromatic nitrogens is 4. The summed E-state index contributed by atoms with van der Waals surface area (Å²) in [4.78, 5) is 10.3. The fourth-order valence-corrected chi connectivity index (χ4v) is 8.02. The first-order chi connectivity index (χ1) is 23.8. The molecule has 3 aromatic heterocycles. The van der Waals surface area contributed by atoms with Gasteiger partial charge in [0.15, 0.2) is 0 Å². The molecule has 0 amide bonds. The zero-order valence-corrected chi connectivity index (χ0v) is 25.8. The van der Waals surface area contributed by atoms with Crippen molar-refractivity contribution in [3.63, 3.8) is 0 Å². The van der Waals surface area contributed by atoms with E-state index in [0.29, 0.717) is 5.95 Å². The molecule has 222 valence electrons. The van der Waals surface area contributed by atoms with Crippen LogP contribution in [0.4, 0.5) is 0 Å². The molecule has 0 aliphatic heterocycles. The molecule has 1 aliphatic carbocycles. The van der Waals surface area contributed by atoms with Crippen LogP contribution in [0, 0.1) is 0 Å². The highest BCUT2D eigenvalue weighted by Gasteiger charge is 2.25. The number of hydrogen-bond acceptors (Lipinski definition) is 2. The minimum atomic E-state index is 0.684. The summed E-state index contributed by atoms with van der Waals surface area (Å²) in [6, 6.07) is 54.5. The monoisotopic (exact) mass is 610 g/mol. The van der Waals surface area contributed by atoms with Crippen LogP contribution >= 0.6 is 0 Å². The molecule has 0 unspecified atom stereocenters. The standard InChI is InChI=1S/C44H26N4/c1-2-12-30(13-3-1)47-38-18-6-5-15-32(38)36-24-28(21-23-40(36)47)29-20-22-33-31-14-4-7-19-39(31)48(41(33)25-29)44-45-26-37-34-16-8-10-27-11-9-17-35(42(27)34)43(37)46-44/h1-26H. The lowest BCUT2D eigenvalue weighted by molar-refractivity contribution is 0.996. The second kappa shape index (κ2) is 9.50. The molecule has 0 saturated carbocycles. The molecule has 48 heavy (non-hydrogen) atoms. The van der Waals surface area contributed by atoms with Gasteiger partial charge in [-0.1, -0.05) is 109 Å². The van der Waals surface area contributed by atoms with E-state index in [0.717, 1.165) is 33.5 Å². The zero-order chi connectivity index (χ0) is 31.3. The summed E-state index contributed by atoms with van der Waals surface area (Å²) in [5.74, 6) is 0.684. The van der Waals surface area contributed by atoms with Crippen molar-refractivity contribution in [1.82, 2.24) is 19.1 Å². The van der Waals surface area contributed by atoms with Crippen molar-refractivity contribution < 1.29 is 0 Å². The Labute approximate surface area is 275 Å². The van der Waals surface area contributed by atoms with Gasteiger partial charge in [-0.2, -0.15) is 0 Å². The summed E-state index contributed by atoms with van der Waals surface area (Å²) in [6.07, 6.45) is 2.01. The number of rotatable bonds is 3. The Hall–Kier alpha value is -6.52. The Balaban J connectivity index is 1.13. The Morgan fingerprint density at radius 3 is 1.90 bits per heavy atom. The molecule has 3 heterocycles. The van der Waals surface area contributed by atoms with E-state index < -0.39 is 0 Å². The molecular formula is C44H26N4. The normalized spacial score (nSPS) is 12.2. The van der Waals surface area contributed by atoms with Crippen LogP contribution in [0.1, 0.15) is 0 Å². The van der Waals surface area contributed by atoms with Crippen LogP contribution in [-0.4, -0.2) is 19.1 Å². The third-order valence-electron chi connectivity index (χ3n) is 10.1. The van der Waals surface area contributed by atoms with Gasteiger partial charge in [0.25, 0.3) is 0 Å². The molecule has 0 spiro atoms. The molecule has 0 bridgehead atoms. The topological polar surface area (TPSA) is 35.6 Å². The lowest BCUT2D eigenvalue weighted by Crippen LogP contribution is -2.02. The Kier molecular flexibility index (Phi) is 5.08. The van der Waals surface area contributed by atoms with Crippen molar-refractivity contribution in [3.8, 4) is 45.1 Å². The maximum atomic E-state index is 5.29.